The molecule has 0 atom stereocenters. The monoisotopic (exact) mass is 350 g/mol. The molecule has 7 heteroatoms. The number of nitrogens with zero attached hydrogens (tertiary/aromatic N) is 1. The Morgan fingerprint density at radius 2 is 1.88 bits per heavy atom. The number of nitrogens with one attached hydrogen (secondary N) is 2. The predicted molar refractivity (Wildman–Crippen MR) is 99.7 cm³/mol. The van der Waals surface area contributed by atoms with E-state index in [0.717, 1.165) is 0 Å². The van der Waals surface area contributed by atoms with Gasteiger partial charge in [-0.05, 0) is 30.3 Å². The number of methoxy groups -OCH3 is 2. The molecule has 4 N–H and O–H groups in total. The summed E-state index contributed by atoms with van der Waals surface area (Å²) in [5, 5.41) is 10.3. The number of ether oxygens (including phenoxy) is 2. The van der Waals surface area contributed by atoms with E-state index in [4.69, 9.17) is 20.6 Å². The molecule has 132 valence electrons. The molecule has 1 amide bonds. The molecule has 0 fully saturated rings. The third-order valence-electron chi connectivity index (χ3n) is 3.89. The molecular weight excluding hydrogens is 332 g/mol. The third-order valence-corrected chi connectivity index (χ3v) is 3.89. The Bertz CT molecular complexity index is 1000. The van der Waals surface area contributed by atoms with Gasteiger partial charge in [-0.3, -0.25) is 15.5 Å². The van der Waals surface area contributed by atoms with Crippen molar-refractivity contribution in [3.05, 3.63) is 54.1 Å². The number of rotatable bonds is 4. The fourth-order valence-corrected chi connectivity index (χ4v) is 2.71. The highest BCUT2D eigenvalue weighted by Gasteiger charge is 2.17. The summed E-state index contributed by atoms with van der Waals surface area (Å²) in [5.41, 5.74) is 7.55. The van der Waals surface area contributed by atoms with Crippen LogP contribution in [0.4, 0.5) is 0 Å². The lowest BCUT2D eigenvalue weighted by Crippen LogP contribution is -2.35. The zero-order valence-electron chi connectivity index (χ0n) is 14.4. The number of amides is 1. The van der Waals surface area contributed by atoms with Crippen LogP contribution in [0.3, 0.4) is 0 Å². The highest BCUT2D eigenvalue weighted by atomic mass is 16.5. The van der Waals surface area contributed by atoms with Crippen LogP contribution in [0.15, 0.2) is 48.5 Å². The summed E-state index contributed by atoms with van der Waals surface area (Å²) in [6, 6.07) is 14.3. The van der Waals surface area contributed by atoms with Crippen LogP contribution in [-0.2, 0) is 0 Å². The maximum atomic E-state index is 12.5. The van der Waals surface area contributed by atoms with Gasteiger partial charge < -0.3 is 15.2 Å². The number of hydrogen-bond donors (Lipinski definition) is 3. The highest BCUT2D eigenvalue weighted by molar-refractivity contribution is 6.12. The molecular formula is C19H18N4O3. The lowest BCUT2D eigenvalue weighted by atomic mass is 10.0. The van der Waals surface area contributed by atoms with E-state index >= 15 is 0 Å². The minimum atomic E-state index is -0.473. The van der Waals surface area contributed by atoms with Crippen LogP contribution in [0.1, 0.15) is 10.4 Å². The zero-order valence-corrected chi connectivity index (χ0v) is 14.4. The maximum Gasteiger partial charge on any atom is 0.258 e. The summed E-state index contributed by atoms with van der Waals surface area (Å²) in [6.45, 7) is 0. The number of aromatic nitrogens is 1. The van der Waals surface area contributed by atoms with Crippen molar-refractivity contribution in [2.75, 3.05) is 14.2 Å². The number of guanidine groups is 1. The summed E-state index contributed by atoms with van der Waals surface area (Å²) in [4.78, 5) is 17.2. The van der Waals surface area contributed by atoms with Crippen molar-refractivity contribution in [3.8, 4) is 22.8 Å². The Balaban J connectivity index is 2.25. The van der Waals surface area contributed by atoms with Crippen molar-refractivity contribution >= 4 is 22.8 Å². The first-order valence-electron chi connectivity index (χ1n) is 7.81. The van der Waals surface area contributed by atoms with Crippen molar-refractivity contribution in [2.24, 2.45) is 5.73 Å². The summed E-state index contributed by atoms with van der Waals surface area (Å²) < 4.78 is 10.7. The van der Waals surface area contributed by atoms with Gasteiger partial charge in [0.15, 0.2) is 5.96 Å². The molecule has 2 aromatic carbocycles. The van der Waals surface area contributed by atoms with Gasteiger partial charge in [-0.25, -0.2) is 4.98 Å². The largest absolute Gasteiger partial charge is 0.497 e. The van der Waals surface area contributed by atoms with Crippen molar-refractivity contribution in [3.63, 3.8) is 0 Å². The van der Waals surface area contributed by atoms with Gasteiger partial charge in [-0.15, -0.1) is 0 Å². The number of benzene rings is 2. The van der Waals surface area contributed by atoms with Crippen LogP contribution < -0.4 is 20.5 Å². The fourth-order valence-electron chi connectivity index (χ4n) is 2.71. The van der Waals surface area contributed by atoms with Gasteiger partial charge in [-0.1, -0.05) is 18.2 Å². The minimum absolute atomic E-state index is 0.366. The first-order valence-corrected chi connectivity index (χ1v) is 7.81. The van der Waals surface area contributed by atoms with E-state index in [2.05, 4.69) is 10.3 Å². The predicted octanol–water partition coefficient (Wildman–Crippen LogP) is 2.54. The summed E-state index contributed by atoms with van der Waals surface area (Å²) >= 11 is 0. The van der Waals surface area contributed by atoms with Crippen LogP contribution in [-0.4, -0.2) is 31.1 Å². The van der Waals surface area contributed by atoms with E-state index in [0.29, 0.717) is 39.2 Å². The van der Waals surface area contributed by atoms with E-state index in [1.807, 2.05) is 18.2 Å². The average molecular weight is 350 g/mol. The minimum Gasteiger partial charge on any atom is -0.497 e. The van der Waals surface area contributed by atoms with E-state index in [1.165, 1.54) is 0 Å². The van der Waals surface area contributed by atoms with Crippen LogP contribution >= 0.6 is 0 Å². The fraction of sp³-hybridized carbons (Fsp3) is 0.105. The van der Waals surface area contributed by atoms with E-state index in [9.17, 15) is 4.79 Å². The quantitative estimate of drug-likeness (QED) is 0.495. The zero-order chi connectivity index (χ0) is 18.7. The van der Waals surface area contributed by atoms with Crippen molar-refractivity contribution in [1.82, 2.24) is 10.3 Å². The van der Waals surface area contributed by atoms with Gasteiger partial charge in [-0.2, -0.15) is 0 Å². The summed E-state index contributed by atoms with van der Waals surface area (Å²) in [6.07, 6.45) is 0. The van der Waals surface area contributed by atoms with Crippen LogP contribution in [0.5, 0.6) is 11.5 Å². The first-order chi connectivity index (χ1) is 12.5. The van der Waals surface area contributed by atoms with Gasteiger partial charge in [0, 0.05) is 10.9 Å². The molecule has 3 rings (SSSR count). The lowest BCUT2D eigenvalue weighted by Gasteiger charge is -2.13. The number of carbonyl (C=O) groups excluding carboxylic acids is 1. The molecule has 0 aliphatic rings. The second kappa shape index (κ2) is 7.10. The number of hydrogen-bond acceptors (Lipinski definition) is 5. The van der Waals surface area contributed by atoms with Gasteiger partial charge in [0.2, 0.25) is 0 Å². The second-order valence-electron chi connectivity index (χ2n) is 5.51. The summed E-state index contributed by atoms with van der Waals surface area (Å²) in [7, 11) is 3.14. The molecule has 0 unspecified atom stereocenters. The Morgan fingerprint density at radius 3 is 2.58 bits per heavy atom. The molecule has 0 radical (unpaired) electrons. The smallest absolute Gasteiger partial charge is 0.258 e. The molecule has 0 aliphatic heterocycles. The van der Waals surface area contributed by atoms with Gasteiger partial charge in [0.1, 0.15) is 11.5 Å². The normalized spacial score (nSPS) is 10.4. The SMILES string of the molecule is COc1ccc(OC)c(-c2cc(C(=O)NC(=N)N)c3ccccc3n2)c1. The topological polar surface area (TPSA) is 110 Å². The molecule has 7 nitrogen and oxygen atoms in total. The van der Waals surface area contributed by atoms with E-state index < -0.39 is 11.9 Å². The number of carbonyl (C=O) groups is 1. The molecule has 0 bridgehead atoms. The standard InChI is InChI=1S/C19H18N4O3/c1-25-11-7-8-17(26-2)14(9-11)16-10-13(18(24)23-19(20)21)12-5-3-4-6-15(12)22-16/h3-10H,1-2H3,(H4,20,21,23,24). The third kappa shape index (κ3) is 3.27. The molecule has 1 heterocycles. The molecule has 1 aromatic heterocycles. The van der Waals surface area contributed by atoms with Gasteiger partial charge >= 0.3 is 0 Å². The molecule has 0 saturated carbocycles. The van der Waals surface area contributed by atoms with Crippen LogP contribution in [0.25, 0.3) is 22.2 Å². The number of nitrogens with two attached hydrogens (primary N) is 1. The highest BCUT2D eigenvalue weighted by Crippen LogP contribution is 2.34. The Labute approximate surface area is 150 Å². The number of fused-ring (bicyclic) bond motifs is 1. The molecule has 3 aromatic rings. The molecule has 26 heavy (non-hydrogen) atoms. The van der Waals surface area contributed by atoms with Gasteiger partial charge in [0.25, 0.3) is 5.91 Å². The maximum absolute atomic E-state index is 12.5. The summed E-state index contributed by atoms with van der Waals surface area (Å²) in [5.74, 6) is 0.354. The lowest BCUT2D eigenvalue weighted by molar-refractivity contribution is 0.0978. The first kappa shape index (κ1) is 17.2. The molecule has 0 saturated heterocycles. The number of para-hydroxylation sites is 1. The average Bonchev–Trinajstić information content (AvgIpc) is 2.65. The van der Waals surface area contributed by atoms with Gasteiger partial charge in [0.05, 0.1) is 31.0 Å². The Hall–Kier alpha value is -3.61. The van der Waals surface area contributed by atoms with Crippen molar-refractivity contribution < 1.29 is 14.3 Å². The second-order valence-corrected chi connectivity index (χ2v) is 5.51. The van der Waals surface area contributed by atoms with Crippen molar-refractivity contribution in [1.29, 1.82) is 5.41 Å². The Morgan fingerprint density at radius 1 is 1.12 bits per heavy atom. The number of pyridine rings is 1. The van der Waals surface area contributed by atoms with E-state index in [1.54, 1.807) is 44.6 Å². The Kier molecular flexibility index (Phi) is 4.70. The van der Waals surface area contributed by atoms with Crippen LogP contribution in [0, 0.1) is 5.41 Å². The van der Waals surface area contributed by atoms with E-state index in [-0.39, 0.29) is 0 Å². The molecule has 0 aliphatic carbocycles. The van der Waals surface area contributed by atoms with Crippen molar-refractivity contribution in [2.45, 2.75) is 0 Å². The van der Waals surface area contributed by atoms with Crippen LogP contribution in [0.2, 0.25) is 0 Å². The molecule has 0 spiro atoms.